The molecule has 1 aromatic heterocycles. The molecule has 0 spiro atoms. The van der Waals surface area contributed by atoms with Gasteiger partial charge in [0.05, 0.1) is 7.11 Å². The molecule has 0 saturated heterocycles. The third-order valence-corrected chi connectivity index (χ3v) is 3.37. The molecule has 0 bridgehead atoms. The molecule has 0 radical (unpaired) electrons. The lowest BCUT2D eigenvalue weighted by Gasteiger charge is -2.08. The van der Waals surface area contributed by atoms with Crippen molar-refractivity contribution in [3.05, 3.63) is 35.3 Å². The molecule has 0 aliphatic heterocycles. The Hall–Kier alpha value is -2.17. The van der Waals surface area contributed by atoms with Gasteiger partial charge in [-0.2, -0.15) is 0 Å². The molecule has 2 aromatic rings. The standard InChI is InChI=1S/C14H14FN3O/c1-19-12-7-8(5-6-10(12)15)14-17-11-4-2-3-9(11)13(16)18-14/h5-7H,2-4H2,1H3,(H2,16,17,18). The second-order valence-electron chi connectivity index (χ2n) is 4.56. The van der Waals surface area contributed by atoms with Crippen molar-refractivity contribution in [3.8, 4) is 17.1 Å². The molecule has 1 aromatic carbocycles. The summed E-state index contributed by atoms with van der Waals surface area (Å²) < 4.78 is 18.4. The fraction of sp³-hybridized carbons (Fsp3) is 0.286. The summed E-state index contributed by atoms with van der Waals surface area (Å²) >= 11 is 0. The van der Waals surface area contributed by atoms with Crippen LogP contribution in [0, 0.1) is 5.82 Å². The molecule has 98 valence electrons. The molecule has 3 rings (SSSR count). The number of methoxy groups -OCH3 is 1. The minimum absolute atomic E-state index is 0.181. The largest absolute Gasteiger partial charge is 0.494 e. The average molecular weight is 259 g/mol. The molecule has 0 unspecified atom stereocenters. The van der Waals surface area contributed by atoms with Gasteiger partial charge in [-0.1, -0.05) is 0 Å². The highest BCUT2D eigenvalue weighted by Gasteiger charge is 2.18. The van der Waals surface area contributed by atoms with Crippen molar-refractivity contribution in [1.82, 2.24) is 9.97 Å². The number of halogens is 1. The van der Waals surface area contributed by atoms with Crippen LogP contribution in [0.15, 0.2) is 18.2 Å². The van der Waals surface area contributed by atoms with Crippen LogP contribution in [0.1, 0.15) is 17.7 Å². The van der Waals surface area contributed by atoms with Crippen LogP contribution >= 0.6 is 0 Å². The second-order valence-corrected chi connectivity index (χ2v) is 4.56. The molecule has 1 aliphatic rings. The van der Waals surface area contributed by atoms with E-state index in [1.54, 1.807) is 12.1 Å². The van der Waals surface area contributed by atoms with Gasteiger partial charge in [-0.05, 0) is 37.5 Å². The Balaban J connectivity index is 2.10. The zero-order chi connectivity index (χ0) is 13.4. The number of rotatable bonds is 2. The number of fused-ring (bicyclic) bond motifs is 1. The summed E-state index contributed by atoms with van der Waals surface area (Å²) in [6, 6.07) is 4.57. The van der Waals surface area contributed by atoms with Gasteiger partial charge in [0.2, 0.25) is 0 Å². The highest BCUT2D eigenvalue weighted by molar-refractivity contribution is 5.61. The Labute approximate surface area is 110 Å². The first-order valence-electron chi connectivity index (χ1n) is 6.18. The van der Waals surface area contributed by atoms with Crippen LogP contribution in [0.2, 0.25) is 0 Å². The highest BCUT2D eigenvalue weighted by Crippen LogP contribution is 2.29. The molecule has 0 atom stereocenters. The quantitative estimate of drug-likeness (QED) is 0.899. The van der Waals surface area contributed by atoms with Crippen molar-refractivity contribution < 1.29 is 9.13 Å². The van der Waals surface area contributed by atoms with E-state index < -0.39 is 5.82 Å². The molecule has 2 N–H and O–H groups in total. The summed E-state index contributed by atoms with van der Waals surface area (Å²) in [5.41, 5.74) is 8.72. The first kappa shape index (κ1) is 11.9. The molecule has 0 amide bonds. The van der Waals surface area contributed by atoms with Crippen molar-refractivity contribution >= 4 is 5.82 Å². The minimum atomic E-state index is -0.402. The SMILES string of the molecule is COc1cc(-c2nc(N)c3c(n2)CCC3)ccc1F. The van der Waals surface area contributed by atoms with E-state index in [-0.39, 0.29) is 5.75 Å². The van der Waals surface area contributed by atoms with Crippen LogP contribution in [0.3, 0.4) is 0 Å². The van der Waals surface area contributed by atoms with Crippen molar-refractivity contribution in [1.29, 1.82) is 0 Å². The van der Waals surface area contributed by atoms with Gasteiger partial charge in [-0.3, -0.25) is 0 Å². The maximum absolute atomic E-state index is 13.4. The summed E-state index contributed by atoms with van der Waals surface area (Å²) in [4.78, 5) is 8.83. The fourth-order valence-electron chi connectivity index (χ4n) is 2.39. The lowest BCUT2D eigenvalue weighted by atomic mass is 10.1. The third-order valence-electron chi connectivity index (χ3n) is 3.37. The number of nitrogens with two attached hydrogens (primary N) is 1. The maximum Gasteiger partial charge on any atom is 0.165 e. The predicted octanol–water partition coefficient (Wildman–Crippen LogP) is 2.36. The summed E-state index contributed by atoms with van der Waals surface area (Å²) in [5, 5.41) is 0. The van der Waals surface area contributed by atoms with E-state index in [9.17, 15) is 4.39 Å². The van der Waals surface area contributed by atoms with Crippen molar-refractivity contribution in [3.63, 3.8) is 0 Å². The van der Waals surface area contributed by atoms with Gasteiger partial charge in [0, 0.05) is 16.8 Å². The van der Waals surface area contributed by atoms with Gasteiger partial charge in [-0.15, -0.1) is 0 Å². The van der Waals surface area contributed by atoms with Crippen LogP contribution < -0.4 is 10.5 Å². The number of aryl methyl sites for hydroxylation is 1. The molecule has 4 nitrogen and oxygen atoms in total. The normalized spacial score (nSPS) is 13.4. The molecule has 19 heavy (non-hydrogen) atoms. The Morgan fingerprint density at radius 1 is 1.26 bits per heavy atom. The van der Waals surface area contributed by atoms with E-state index in [1.165, 1.54) is 13.2 Å². The monoisotopic (exact) mass is 259 g/mol. The van der Waals surface area contributed by atoms with E-state index >= 15 is 0 Å². The van der Waals surface area contributed by atoms with Gasteiger partial charge in [-0.25, -0.2) is 14.4 Å². The van der Waals surface area contributed by atoms with Gasteiger partial charge < -0.3 is 10.5 Å². The van der Waals surface area contributed by atoms with E-state index in [1.807, 2.05) is 0 Å². The Bertz CT molecular complexity index is 643. The summed E-state index contributed by atoms with van der Waals surface area (Å²) in [6.07, 6.45) is 2.92. The zero-order valence-electron chi connectivity index (χ0n) is 10.6. The first-order valence-corrected chi connectivity index (χ1v) is 6.18. The average Bonchev–Trinajstić information content (AvgIpc) is 2.88. The molecular weight excluding hydrogens is 245 g/mol. The van der Waals surface area contributed by atoms with E-state index in [0.717, 1.165) is 30.5 Å². The lowest BCUT2D eigenvalue weighted by Crippen LogP contribution is -2.03. The number of nitrogen functional groups attached to an aromatic ring is 1. The number of hydrogen-bond donors (Lipinski definition) is 1. The van der Waals surface area contributed by atoms with Crippen LogP contribution in [-0.4, -0.2) is 17.1 Å². The van der Waals surface area contributed by atoms with Crippen LogP contribution in [0.25, 0.3) is 11.4 Å². The number of anilines is 1. The van der Waals surface area contributed by atoms with Crippen LogP contribution in [-0.2, 0) is 12.8 Å². The minimum Gasteiger partial charge on any atom is -0.494 e. The smallest absolute Gasteiger partial charge is 0.165 e. The molecule has 0 saturated carbocycles. The van der Waals surface area contributed by atoms with Gasteiger partial charge in [0.1, 0.15) is 5.82 Å². The van der Waals surface area contributed by atoms with Crippen molar-refractivity contribution in [2.24, 2.45) is 0 Å². The number of hydrogen-bond acceptors (Lipinski definition) is 4. The van der Waals surface area contributed by atoms with E-state index in [0.29, 0.717) is 17.2 Å². The second kappa shape index (κ2) is 4.50. The zero-order valence-corrected chi connectivity index (χ0v) is 10.6. The number of ether oxygens (including phenoxy) is 1. The highest BCUT2D eigenvalue weighted by atomic mass is 19.1. The molecular formula is C14H14FN3O. The third kappa shape index (κ3) is 2.01. The Morgan fingerprint density at radius 2 is 2.11 bits per heavy atom. The van der Waals surface area contributed by atoms with Crippen LogP contribution in [0.4, 0.5) is 10.2 Å². The predicted molar refractivity (Wildman–Crippen MR) is 70.4 cm³/mol. The van der Waals surface area contributed by atoms with Crippen molar-refractivity contribution in [2.45, 2.75) is 19.3 Å². The Morgan fingerprint density at radius 3 is 2.89 bits per heavy atom. The summed E-state index contributed by atoms with van der Waals surface area (Å²) in [6.45, 7) is 0. The summed E-state index contributed by atoms with van der Waals surface area (Å²) in [7, 11) is 1.43. The molecule has 0 fully saturated rings. The topological polar surface area (TPSA) is 61.0 Å². The van der Waals surface area contributed by atoms with Crippen molar-refractivity contribution in [2.75, 3.05) is 12.8 Å². The number of benzene rings is 1. The molecule has 5 heteroatoms. The van der Waals surface area contributed by atoms with Gasteiger partial charge >= 0.3 is 0 Å². The van der Waals surface area contributed by atoms with Gasteiger partial charge in [0.15, 0.2) is 17.4 Å². The summed E-state index contributed by atoms with van der Waals surface area (Å²) in [5.74, 6) is 0.831. The van der Waals surface area contributed by atoms with Gasteiger partial charge in [0.25, 0.3) is 0 Å². The lowest BCUT2D eigenvalue weighted by molar-refractivity contribution is 0.387. The fourth-order valence-corrected chi connectivity index (χ4v) is 2.39. The molecule has 1 aliphatic carbocycles. The van der Waals surface area contributed by atoms with E-state index in [4.69, 9.17) is 10.5 Å². The first-order chi connectivity index (χ1) is 9.19. The molecule has 1 heterocycles. The van der Waals surface area contributed by atoms with E-state index in [2.05, 4.69) is 9.97 Å². The van der Waals surface area contributed by atoms with Crippen LogP contribution in [0.5, 0.6) is 5.75 Å². The Kier molecular flexibility index (Phi) is 2.81. The number of nitrogens with zero attached hydrogens (tertiary/aromatic N) is 2. The maximum atomic E-state index is 13.4. The number of aromatic nitrogens is 2.